The highest BCUT2D eigenvalue weighted by atomic mass is 35.5. The first-order valence-electron chi connectivity index (χ1n) is 4.74. The third-order valence-corrected chi connectivity index (χ3v) is 2.27. The highest BCUT2D eigenvalue weighted by Crippen LogP contribution is 2.25. The molecule has 6 heteroatoms. The fraction of sp³-hybridized carbons (Fsp3) is 0.182. The van der Waals surface area contributed by atoms with Gasteiger partial charge in [0.05, 0.1) is 4.92 Å². The monoisotopic (exact) mass is 254 g/mol. The van der Waals surface area contributed by atoms with Gasteiger partial charge in [0, 0.05) is 38.0 Å². The van der Waals surface area contributed by atoms with Gasteiger partial charge in [-0.1, -0.05) is 11.6 Å². The summed E-state index contributed by atoms with van der Waals surface area (Å²) in [6.07, 6.45) is 2.91. The van der Waals surface area contributed by atoms with Crippen molar-refractivity contribution in [3.63, 3.8) is 0 Å². The number of nitrogens with zero attached hydrogens (tertiary/aromatic N) is 2. The number of benzene rings is 1. The van der Waals surface area contributed by atoms with E-state index in [9.17, 15) is 14.9 Å². The van der Waals surface area contributed by atoms with Gasteiger partial charge in [-0.05, 0) is 12.1 Å². The van der Waals surface area contributed by atoms with E-state index < -0.39 is 4.92 Å². The Kier molecular flexibility index (Phi) is 4.23. The Morgan fingerprint density at radius 1 is 1.47 bits per heavy atom. The van der Waals surface area contributed by atoms with E-state index in [2.05, 4.69) is 0 Å². The van der Waals surface area contributed by atoms with Crippen molar-refractivity contribution < 1.29 is 9.72 Å². The van der Waals surface area contributed by atoms with Gasteiger partial charge >= 0.3 is 0 Å². The van der Waals surface area contributed by atoms with Crippen molar-refractivity contribution in [2.45, 2.75) is 0 Å². The fourth-order valence-electron chi connectivity index (χ4n) is 1.12. The number of nitro groups is 1. The molecular weight excluding hydrogens is 244 g/mol. The van der Waals surface area contributed by atoms with Gasteiger partial charge < -0.3 is 4.90 Å². The molecule has 0 bridgehead atoms. The lowest BCUT2D eigenvalue weighted by Gasteiger charge is -2.03. The Morgan fingerprint density at radius 3 is 2.65 bits per heavy atom. The molecule has 0 amide bonds. The summed E-state index contributed by atoms with van der Waals surface area (Å²) in [7, 11) is 3.54. The van der Waals surface area contributed by atoms with E-state index >= 15 is 0 Å². The Labute approximate surface area is 103 Å². The zero-order valence-electron chi connectivity index (χ0n) is 9.38. The molecule has 0 aliphatic carbocycles. The lowest BCUT2D eigenvalue weighted by molar-refractivity contribution is -0.384. The van der Waals surface area contributed by atoms with Crippen LogP contribution in [0, 0.1) is 10.1 Å². The van der Waals surface area contributed by atoms with Gasteiger partial charge in [0.25, 0.3) is 5.69 Å². The van der Waals surface area contributed by atoms with Crippen molar-refractivity contribution in [1.29, 1.82) is 0 Å². The average Bonchev–Trinajstić information content (AvgIpc) is 2.26. The molecule has 0 radical (unpaired) electrons. The van der Waals surface area contributed by atoms with Crippen LogP contribution in [0.3, 0.4) is 0 Å². The topological polar surface area (TPSA) is 63.5 Å². The lowest BCUT2D eigenvalue weighted by atomic mass is 10.1. The molecule has 1 aromatic rings. The minimum absolute atomic E-state index is 0.0168. The molecule has 0 aromatic heterocycles. The van der Waals surface area contributed by atoms with Crippen LogP contribution in [0.25, 0.3) is 0 Å². The molecule has 1 rings (SSSR count). The third-order valence-electron chi connectivity index (χ3n) is 1.95. The van der Waals surface area contributed by atoms with Crippen molar-refractivity contribution in [2.75, 3.05) is 14.1 Å². The maximum atomic E-state index is 11.7. The molecule has 0 saturated carbocycles. The van der Waals surface area contributed by atoms with E-state index in [0.717, 1.165) is 0 Å². The molecule has 0 fully saturated rings. The fourth-order valence-corrected chi connectivity index (χ4v) is 1.31. The van der Waals surface area contributed by atoms with Crippen molar-refractivity contribution >= 4 is 23.1 Å². The van der Waals surface area contributed by atoms with Crippen molar-refractivity contribution in [3.05, 3.63) is 51.2 Å². The van der Waals surface area contributed by atoms with Crippen molar-refractivity contribution in [3.8, 4) is 0 Å². The second-order valence-corrected chi connectivity index (χ2v) is 3.97. The van der Waals surface area contributed by atoms with Gasteiger partial charge in [0.15, 0.2) is 5.78 Å². The highest BCUT2D eigenvalue weighted by molar-refractivity contribution is 6.32. The van der Waals surface area contributed by atoms with Crippen molar-refractivity contribution in [2.24, 2.45) is 0 Å². The number of halogens is 1. The molecule has 0 spiro atoms. The first kappa shape index (κ1) is 13.2. The van der Waals surface area contributed by atoms with Crippen molar-refractivity contribution in [1.82, 2.24) is 4.90 Å². The standard InChI is InChI=1S/C11H11ClN2O3/c1-13(2)6-5-11(15)8-3-4-9(12)10(7-8)14(16)17/h3-7H,1-2H3/b6-5+. The molecule has 0 heterocycles. The summed E-state index contributed by atoms with van der Waals surface area (Å²) >= 11 is 5.64. The molecule has 5 nitrogen and oxygen atoms in total. The molecule has 1 aromatic carbocycles. The largest absolute Gasteiger partial charge is 0.383 e. The summed E-state index contributed by atoms with van der Waals surface area (Å²) < 4.78 is 0. The summed E-state index contributed by atoms with van der Waals surface area (Å²) in [5.41, 5.74) is -0.0324. The van der Waals surface area contributed by atoms with Gasteiger partial charge in [-0.15, -0.1) is 0 Å². The molecule has 0 N–H and O–H groups in total. The number of rotatable bonds is 4. The molecule has 0 aliphatic rings. The van der Waals surface area contributed by atoms with Crippen LogP contribution in [0.15, 0.2) is 30.5 Å². The zero-order valence-corrected chi connectivity index (χ0v) is 10.1. The number of hydrogen-bond acceptors (Lipinski definition) is 4. The second kappa shape index (κ2) is 5.45. The van der Waals surface area contributed by atoms with Crippen LogP contribution in [-0.2, 0) is 0 Å². The first-order chi connectivity index (χ1) is 7.91. The van der Waals surface area contributed by atoms with Crippen LogP contribution in [0.1, 0.15) is 10.4 Å². The number of hydrogen-bond donors (Lipinski definition) is 0. The van der Waals surface area contributed by atoms with Gasteiger partial charge in [0.1, 0.15) is 5.02 Å². The number of nitro benzene ring substituents is 1. The lowest BCUT2D eigenvalue weighted by Crippen LogP contribution is -2.03. The number of allylic oxidation sites excluding steroid dienone is 1. The second-order valence-electron chi connectivity index (χ2n) is 3.57. The molecule has 0 saturated heterocycles. The quantitative estimate of drug-likeness (QED) is 0.358. The molecule has 0 aliphatic heterocycles. The molecule has 0 atom stereocenters. The molecule has 90 valence electrons. The third kappa shape index (κ3) is 3.57. The first-order valence-corrected chi connectivity index (χ1v) is 5.12. The Bertz CT molecular complexity index is 484. The van der Waals surface area contributed by atoms with Crippen LogP contribution in [0.2, 0.25) is 5.02 Å². The van der Waals surface area contributed by atoms with Gasteiger partial charge in [-0.25, -0.2) is 0 Å². The molecular formula is C11H11ClN2O3. The Morgan fingerprint density at radius 2 is 2.12 bits per heavy atom. The summed E-state index contributed by atoms with van der Waals surface area (Å²) in [6.45, 7) is 0. The van der Waals surface area contributed by atoms with Crippen LogP contribution >= 0.6 is 11.6 Å². The predicted octanol–water partition coefficient (Wildman–Crippen LogP) is 2.51. The summed E-state index contributed by atoms with van der Waals surface area (Å²) in [5, 5.41) is 10.7. The van der Waals surface area contributed by atoms with E-state index in [4.69, 9.17) is 11.6 Å². The van der Waals surface area contributed by atoms with E-state index in [1.807, 2.05) is 0 Å². The van der Waals surface area contributed by atoms with Crippen LogP contribution in [0.4, 0.5) is 5.69 Å². The van der Waals surface area contributed by atoms with Gasteiger partial charge in [0.2, 0.25) is 0 Å². The minimum atomic E-state index is -0.616. The SMILES string of the molecule is CN(C)/C=C/C(=O)c1ccc(Cl)c([N+](=O)[O-])c1. The predicted molar refractivity (Wildman–Crippen MR) is 65.3 cm³/mol. The van der Waals surface area contributed by atoms with Crippen LogP contribution in [-0.4, -0.2) is 29.7 Å². The number of carbonyl (C=O) groups excluding carboxylic acids is 1. The van der Waals surface area contributed by atoms with E-state index in [1.54, 1.807) is 25.2 Å². The van der Waals surface area contributed by atoms with Crippen LogP contribution < -0.4 is 0 Å². The number of carbonyl (C=O) groups is 1. The average molecular weight is 255 g/mol. The molecule has 0 unspecified atom stereocenters. The van der Waals surface area contributed by atoms with Gasteiger partial charge in [-0.3, -0.25) is 14.9 Å². The maximum absolute atomic E-state index is 11.7. The van der Waals surface area contributed by atoms with E-state index in [-0.39, 0.29) is 22.1 Å². The van der Waals surface area contributed by atoms with Gasteiger partial charge in [-0.2, -0.15) is 0 Å². The summed E-state index contributed by atoms with van der Waals surface area (Å²) in [5.74, 6) is -0.307. The maximum Gasteiger partial charge on any atom is 0.288 e. The smallest absolute Gasteiger partial charge is 0.288 e. The van der Waals surface area contributed by atoms with E-state index in [1.165, 1.54) is 24.3 Å². The highest BCUT2D eigenvalue weighted by Gasteiger charge is 2.14. The van der Waals surface area contributed by atoms with Crippen LogP contribution in [0.5, 0.6) is 0 Å². The zero-order chi connectivity index (χ0) is 13.0. The Hall–Kier alpha value is -1.88. The summed E-state index contributed by atoms with van der Waals surface area (Å²) in [4.78, 5) is 23.4. The Balaban J connectivity index is 3.04. The summed E-state index contributed by atoms with van der Waals surface area (Å²) in [6, 6.07) is 3.97. The minimum Gasteiger partial charge on any atom is -0.383 e. The molecule has 17 heavy (non-hydrogen) atoms. The van der Waals surface area contributed by atoms with E-state index in [0.29, 0.717) is 0 Å². The number of ketones is 1. The normalized spacial score (nSPS) is 10.5.